The summed E-state index contributed by atoms with van der Waals surface area (Å²) in [6, 6.07) is 0. The SMILES string of the molecule is C=C(CC1CC(O)C2OC3CC4(C)OC5CCC6OC7CC=CC8OC9CC(C)CC(O)C(CC(=O)O)OC9CC8OC7CC=CCC6OC5(C)CCC4OC3CC2O1)C(=O)O. The number of rotatable bonds is 5. The molecule has 0 radical (unpaired) electrons. The van der Waals surface area contributed by atoms with Crippen molar-refractivity contribution in [3.8, 4) is 0 Å². The Bertz CT molecular complexity index is 1700. The van der Waals surface area contributed by atoms with E-state index in [0.717, 1.165) is 25.7 Å². The Kier molecular flexibility index (Phi) is 13.2. The van der Waals surface area contributed by atoms with Gasteiger partial charge in [-0.25, -0.2) is 4.79 Å². The molecule has 0 aliphatic carbocycles. The van der Waals surface area contributed by atoms with Crippen molar-refractivity contribution in [3.05, 3.63) is 36.5 Å². The summed E-state index contributed by atoms with van der Waals surface area (Å²) in [5.74, 6) is -1.93. The van der Waals surface area contributed by atoms with Crippen molar-refractivity contribution < 1.29 is 72.6 Å². The number of hydrogen-bond acceptors (Lipinski definition) is 13. The fourth-order valence-electron chi connectivity index (χ4n) is 12.2. The summed E-state index contributed by atoms with van der Waals surface area (Å²) in [5.41, 5.74) is -1.20. The molecule has 7 saturated heterocycles. The fourth-order valence-corrected chi connectivity index (χ4v) is 12.2. The van der Waals surface area contributed by atoms with Crippen molar-refractivity contribution in [1.29, 1.82) is 0 Å². The summed E-state index contributed by atoms with van der Waals surface area (Å²) in [5, 5.41) is 41.0. The zero-order valence-electron chi connectivity index (χ0n) is 36.4. The molecular weight excluding hydrogens is 805 g/mol. The maximum Gasteiger partial charge on any atom is 0.331 e. The average molecular weight is 873 g/mol. The molecule has 15 nitrogen and oxygen atoms in total. The van der Waals surface area contributed by atoms with Crippen LogP contribution in [0.5, 0.6) is 0 Å². The summed E-state index contributed by atoms with van der Waals surface area (Å²) in [6.45, 7) is 10.0. The Hall–Kier alpha value is -2.28. The maximum absolute atomic E-state index is 11.7. The third kappa shape index (κ3) is 9.38. The molecule has 15 heteroatoms. The van der Waals surface area contributed by atoms with E-state index in [0.29, 0.717) is 51.4 Å². The van der Waals surface area contributed by atoms with E-state index in [9.17, 15) is 30.0 Å². The number of aliphatic carboxylic acids is 2. The van der Waals surface area contributed by atoms with Crippen LogP contribution < -0.4 is 0 Å². The van der Waals surface area contributed by atoms with Crippen molar-refractivity contribution in [1.82, 2.24) is 0 Å². The largest absolute Gasteiger partial charge is 0.481 e. The molecule has 0 amide bonds. The van der Waals surface area contributed by atoms with E-state index in [2.05, 4.69) is 51.7 Å². The van der Waals surface area contributed by atoms with Gasteiger partial charge < -0.3 is 63.1 Å². The van der Waals surface area contributed by atoms with Gasteiger partial charge in [-0.2, -0.15) is 0 Å². The smallest absolute Gasteiger partial charge is 0.331 e. The van der Waals surface area contributed by atoms with Gasteiger partial charge in [-0.15, -0.1) is 0 Å². The van der Waals surface area contributed by atoms with E-state index < -0.39 is 65.9 Å². The van der Waals surface area contributed by atoms with Crippen LogP contribution in [-0.4, -0.2) is 153 Å². The number of ether oxygens (including phenoxy) is 9. The molecule has 62 heavy (non-hydrogen) atoms. The lowest BCUT2D eigenvalue weighted by Gasteiger charge is -2.54. The minimum atomic E-state index is -1.06. The molecule has 0 aromatic heterocycles. The lowest BCUT2D eigenvalue weighted by molar-refractivity contribution is -0.311. The summed E-state index contributed by atoms with van der Waals surface area (Å²) >= 11 is 0. The molecule has 0 aromatic carbocycles. The number of hydrogen-bond donors (Lipinski definition) is 4. The third-order valence-corrected chi connectivity index (χ3v) is 15.5. The molecule has 0 saturated carbocycles. The summed E-state index contributed by atoms with van der Waals surface area (Å²) in [4.78, 5) is 23.2. The van der Waals surface area contributed by atoms with Gasteiger partial charge in [0.25, 0.3) is 0 Å². The molecule has 4 N–H and O–H groups in total. The van der Waals surface area contributed by atoms with Crippen molar-refractivity contribution in [2.75, 3.05) is 0 Å². The lowest BCUT2D eigenvalue weighted by atomic mass is 9.80. The normalized spacial score (nSPS) is 50.5. The van der Waals surface area contributed by atoms with Crippen LogP contribution >= 0.6 is 0 Å². The van der Waals surface area contributed by atoms with Gasteiger partial charge in [-0.3, -0.25) is 4.79 Å². The predicted molar refractivity (Wildman–Crippen MR) is 220 cm³/mol. The molecule has 9 heterocycles. The highest BCUT2D eigenvalue weighted by molar-refractivity contribution is 5.85. The first-order valence-electron chi connectivity index (χ1n) is 23.4. The molecule has 7 fully saturated rings. The van der Waals surface area contributed by atoms with Gasteiger partial charge in [0.05, 0.1) is 115 Å². The molecule has 346 valence electrons. The molecule has 0 bridgehead atoms. The number of aliphatic hydroxyl groups excluding tert-OH is 2. The molecule has 0 spiro atoms. The van der Waals surface area contributed by atoms with Gasteiger partial charge in [0.1, 0.15) is 12.2 Å². The summed E-state index contributed by atoms with van der Waals surface area (Å²) < 4.78 is 61.3. The van der Waals surface area contributed by atoms with Crippen LogP contribution in [0, 0.1) is 5.92 Å². The van der Waals surface area contributed by atoms with Crippen LogP contribution in [0.4, 0.5) is 0 Å². The molecule has 9 aliphatic rings. The molecule has 9 aliphatic heterocycles. The van der Waals surface area contributed by atoms with E-state index >= 15 is 0 Å². The molecule has 21 unspecified atom stereocenters. The number of carboxylic acid groups (broad SMARTS) is 2. The van der Waals surface area contributed by atoms with Crippen LogP contribution in [-0.2, 0) is 52.2 Å². The summed E-state index contributed by atoms with van der Waals surface area (Å²) in [6.07, 6.45) is 9.47. The Morgan fingerprint density at radius 2 is 1.34 bits per heavy atom. The van der Waals surface area contributed by atoms with E-state index in [1.165, 1.54) is 0 Å². The summed E-state index contributed by atoms with van der Waals surface area (Å²) in [7, 11) is 0. The van der Waals surface area contributed by atoms with Crippen molar-refractivity contribution >= 4 is 11.9 Å². The van der Waals surface area contributed by atoms with Crippen molar-refractivity contribution in [3.63, 3.8) is 0 Å². The highest BCUT2D eigenvalue weighted by Gasteiger charge is 2.58. The number of aliphatic hydroxyl groups is 2. The first-order chi connectivity index (χ1) is 29.6. The first-order valence-corrected chi connectivity index (χ1v) is 23.4. The second-order valence-corrected chi connectivity index (χ2v) is 20.3. The number of fused-ring (bicyclic) bond motifs is 8. The molecule has 9 rings (SSSR count). The lowest BCUT2D eigenvalue weighted by Crippen LogP contribution is -2.64. The van der Waals surface area contributed by atoms with Crippen LogP contribution in [0.1, 0.15) is 117 Å². The van der Waals surface area contributed by atoms with Gasteiger partial charge in [-0.05, 0) is 77.6 Å². The van der Waals surface area contributed by atoms with E-state index in [1.54, 1.807) is 0 Å². The predicted octanol–water partition coefficient (Wildman–Crippen LogP) is 4.72. The highest BCUT2D eigenvalue weighted by atomic mass is 16.6. The van der Waals surface area contributed by atoms with Crippen LogP contribution in [0.15, 0.2) is 36.5 Å². The van der Waals surface area contributed by atoms with Gasteiger partial charge in [0, 0.05) is 37.7 Å². The maximum atomic E-state index is 11.7. The van der Waals surface area contributed by atoms with Gasteiger partial charge >= 0.3 is 11.9 Å². The minimum Gasteiger partial charge on any atom is -0.481 e. The van der Waals surface area contributed by atoms with E-state index in [-0.39, 0.29) is 97.9 Å². The van der Waals surface area contributed by atoms with Gasteiger partial charge in [0.15, 0.2) is 0 Å². The van der Waals surface area contributed by atoms with Crippen molar-refractivity contribution in [2.45, 2.75) is 238 Å². The second-order valence-electron chi connectivity index (χ2n) is 20.3. The standard InChI is InChI=1S/C47H68O15/c1-24-16-27(48)34(22-43(50)51)58-37-20-36-31(57-35(37)17-24)11-7-10-30-29(56-36)8-5-6-9-33-32(55-30)12-13-42-46(3,61-33)15-14-41-47(4,62-42)23-40-38(59-41)21-39-44(60-40)28(49)19-26(54-39)18-25(2)45(52)53/h5-7,11,24,26-42,44,48-49H,2,8-10,12-23H2,1,3-4H3,(H,50,51)(H,52,53). The Balaban J connectivity index is 0.864. The molecule has 0 aromatic rings. The van der Waals surface area contributed by atoms with E-state index in [4.69, 9.17) is 42.6 Å². The molecular formula is C47H68O15. The quantitative estimate of drug-likeness (QED) is 0.219. The zero-order valence-corrected chi connectivity index (χ0v) is 36.4. The first kappa shape index (κ1) is 44.9. The van der Waals surface area contributed by atoms with Crippen LogP contribution in [0.2, 0.25) is 0 Å². The fraction of sp³-hybridized carbons (Fsp3) is 0.830. The third-order valence-electron chi connectivity index (χ3n) is 15.5. The minimum absolute atomic E-state index is 0.0586. The Labute approximate surface area is 364 Å². The molecule has 21 atom stereocenters. The van der Waals surface area contributed by atoms with Crippen LogP contribution in [0.3, 0.4) is 0 Å². The zero-order chi connectivity index (χ0) is 43.5. The van der Waals surface area contributed by atoms with Crippen molar-refractivity contribution in [2.24, 2.45) is 5.92 Å². The Morgan fingerprint density at radius 3 is 2.11 bits per heavy atom. The van der Waals surface area contributed by atoms with Crippen LogP contribution in [0.25, 0.3) is 0 Å². The van der Waals surface area contributed by atoms with Gasteiger partial charge in [-0.1, -0.05) is 37.8 Å². The topological polar surface area (TPSA) is 198 Å². The number of carbonyl (C=O) groups is 2. The van der Waals surface area contributed by atoms with Gasteiger partial charge in [0.2, 0.25) is 0 Å². The highest BCUT2D eigenvalue weighted by Crippen LogP contribution is 2.50. The Morgan fingerprint density at radius 1 is 0.629 bits per heavy atom. The average Bonchev–Trinajstić information content (AvgIpc) is 3.34. The number of carboxylic acids is 2. The second kappa shape index (κ2) is 18.2. The van der Waals surface area contributed by atoms with E-state index in [1.807, 2.05) is 0 Å². The monoisotopic (exact) mass is 872 g/mol.